The molecular weight excluding hydrogens is 224 g/mol. The highest BCUT2D eigenvalue weighted by atomic mass is 16.3. The number of hydrogen-bond acceptors (Lipinski definition) is 4. The van der Waals surface area contributed by atoms with Crippen LogP contribution in [0.15, 0.2) is 45.6 Å². The van der Waals surface area contributed by atoms with E-state index in [1.807, 2.05) is 0 Å². The van der Waals surface area contributed by atoms with Crippen LogP contribution in [0.3, 0.4) is 0 Å². The Morgan fingerprint density at radius 3 is 2.24 bits per heavy atom. The van der Waals surface area contributed by atoms with Crippen LogP contribution in [0.2, 0.25) is 0 Å². The van der Waals surface area contributed by atoms with Crippen LogP contribution in [0.1, 0.15) is 21.1 Å². The van der Waals surface area contributed by atoms with Crippen molar-refractivity contribution in [2.24, 2.45) is 0 Å². The van der Waals surface area contributed by atoms with Crippen molar-refractivity contribution >= 4 is 11.8 Å². The second-order valence-corrected chi connectivity index (χ2v) is 3.26. The van der Waals surface area contributed by atoms with E-state index in [2.05, 4.69) is 5.43 Å². The molecule has 0 radical (unpaired) electrons. The Labute approximate surface area is 96.8 Å². The second kappa shape index (κ2) is 4.56. The summed E-state index contributed by atoms with van der Waals surface area (Å²) in [6.07, 6.45) is 2.76. The maximum Gasteiger partial charge on any atom is 0.307 e. The van der Waals surface area contributed by atoms with E-state index >= 15 is 0 Å². The largest absolute Gasteiger partial charge is 0.459 e. The normalized spacial score (nSPS) is 9.94. The summed E-state index contributed by atoms with van der Waals surface area (Å²) >= 11 is 0. The van der Waals surface area contributed by atoms with Gasteiger partial charge in [0.05, 0.1) is 12.5 Å². The first-order chi connectivity index (χ1) is 8.18. The maximum absolute atomic E-state index is 11.7. The predicted octanol–water partition coefficient (Wildman–Crippen LogP) is 1.29. The fourth-order valence-electron chi connectivity index (χ4n) is 1.23. The molecule has 0 aromatic carbocycles. The molecule has 0 spiro atoms. The smallest absolute Gasteiger partial charge is 0.307 e. The summed E-state index contributed by atoms with van der Waals surface area (Å²) in [4.78, 5) is 23.3. The highest BCUT2D eigenvalue weighted by Gasteiger charge is 2.18. The highest BCUT2D eigenvalue weighted by Crippen LogP contribution is 2.04. The summed E-state index contributed by atoms with van der Waals surface area (Å²) in [5.41, 5.74) is 2.36. The Bertz CT molecular complexity index is 502. The average Bonchev–Trinajstić information content (AvgIpc) is 3.00. The third-order valence-electron chi connectivity index (χ3n) is 2.05. The molecule has 88 valence electrons. The highest BCUT2D eigenvalue weighted by molar-refractivity contribution is 5.96. The van der Waals surface area contributed by atoms with Crippen molar-refractivity contribution in [3.63, 3.8) is 0 Å². The van der Waals surface area contributed by atoms with Crippen LogP contribution in [-0.4, -0.2) is 23.9 Å². The Morgan fingerprint density at radius 2 is 1.71 bits per heavy atom. The molecule has 0 bridgehead atoms. The minimum absolute atomic E-state index is 0.129. The standard InChI is InChI=1S/C11H10N2O4/c1-13(11(15)9-5-3-7-17-9)12-10(14)8-4-2-6-16-8/h2-7H,1H3,(H,12,14). The Kier molecular flexibility index (Phi) is 2.95. The van der Waals surface area contributed by atoms with Gasteiger partial charge in [-0.05, 0) is 24.3 Å². The topological polar surface area (TPSA) is 75.7 Å². The van der Waals surface area contributed by atoms with Gasteiger partial charge in [0.2, 0.25) is 0 Å². The molecule has 0 saturated carbocycles. The first-order valence-electron chi connectivity index (χ1n) is 4.84. The number of carbonyl (C=O) groups excluding carboxylic acids is 2. The zero-order valence-corrected chi connectivity index (χ0v) is 9.04. The van der Waals surface area contributed by atoms with Crippen LogP contribution >= 0.6 is 0 Å². The molecule has 6 heteroatoms. The number of amides is 2. The van der Waals surface area contributed by atoms with E-state index < -0.39 is 11.8 Å². The van der Waals surface area contributed by atoms with Crippen LogP contribution in [0, 0.1) is 0 Å². The van der Waals surface area contributed by atoms with Gasteiger partial charge in [-0.2, -0.15) is 0 Å². The van der Waals surface area contributed by atoms with Gasteiger partial charge in [0.1, 0.15) is 0 Å². The van der Waals surface area contributed by atoms with Crippen molar-refractivity contribution in [1.82, 2.24) is 10.4 Å². The Hall–Kier alpha value is -2.50. The number of carbonyl (C=O) groups is 2. The fraction of sp³-hybridized carbons (Fsp3) is 0.0909. The van der Waals surface area contributed by atoms with E-state index in [1.54, 1.807) is 12.1 Å². The van der Waals surface area contributed by atoms with E-state index in [0.717, 1.165) is 5.01 Å². The van der Waals surface area contributed by atoms with Crippen molar-refractivity contribution in [3.8, 4) is 0 Å². The van der Waals surface area contributed by atoms with Crippen molar-refractivity contribution in [1.29, 1.82) is 0 Å². The van der Waals surface area contributed by atoms with E-state index in [9.17, 15) is 9.59 Å². The number of rotatable bonds is 2. The molecule has 2 aromatic heterocycles. The monoisotopic (exact) mass is 234 g/mol. The molecule has 0 aliphatic heterocycles. The molecule has 2 aromatic rings. The number of nitrogens with zero attached hydrogens (tertiary/aromatic N) is 1. The third-order valence-corrected chi connectivity index (χ3v) is 2.05. The van der Waals surface area contributed by atoms with Crippen molar-refractivity contribution in [2.45, 2.75) is 0 Å². The summed E-state index contributed by atoms with van der Waals surface area (Å²) in [6.45, 7) is 0. The number of hydrazine groups is 1. The second-order valence-electron chi connectivity index (χ2n) is 3.26. The van der Waals surface area contributed by atoms with Gasteiger partial charge in [-0.25, -0.2) is 0 Å². The van der Waals surface area contributed by atoms with E-state index in [1.165, 1.54) is 31.7 Å². The minimum atomic E-state index is -0.502. The number of furan rings is 2. The van der Waals surface area contributed by atoms with E-state index in [-0.39, 0.29) is 11.5 Å². The van der Waals surface area contributed by atoms with Gasteiger partial charge in [-0.15, -0.1) is 0 Å². The van der Waals surface area contributed by atoms with Crippen LogP contribution in [0.25, 0.3) is 0 Å². The first kappa shape index (κ1) is 11.0. The maximum atomic E-state index is 11.7. The van der Waals surface area contributed by atoms with Crippen LogP contribution in [0.5, 0.6) is 0 Å². The molecule has 2 rings (SSSR count). The van der Waals surface area contributed by atoms with Gasteiger partial charge in [0, 0.05) is 7.05 Å². The van der Waals surface area contributed by atoms with Crippen LogP contribution < -0.4 is 5.43 Å². The lowest BCUT2D eigenvalue weighted by molar-refractivity contribution is 0.0602. The Balaban J connectivity index is 2.00. The van der Waals surface area contributed by atoms with Gasteiger partial charge in [-0.3, -0.25) is 20.0 Å². The number of nitrogens with one attached hydrogen (secondary N) is 1. The molecule has 0 fully saturated rings. The predicted molar refractivity (Wildman–Crippen MR) is 57.0 cm³/mol. The lowest BCUT2D eigenvalue weighted by Gasteiger charge is -2.15. The lowest BCUT2D eigenvalue weighted by atomic mass is 10.4. The molecule has 2 heterocycles. The SMILES string of the molecule is CN(NC(=O)c1ccco1)C(=O)c1ccco1. The van der Waals surface area contributed by atoms with Crippen molar-refractivity contribution in [3.05, 3.63) is 48.3 Å². The minimum Gasteiger partial charge on any atom is -0.459 e. The van der Waals surface area contributed by atoms with Gasteiger partial charge in [-0.1, -0.05) is 0 Å². The third kappa shape index (κ3) is 2.36. The van der Waals surface area contributed by atoms with Gasteiger partial charge in [0.25, 0.3) is 0 Å². The molecule has 1 N–H and O–H groups in total. The molecule has 0 unspecified atom stereocenters. The molecule has 0 aliphatic rings. The lowest BCUT2D eigenvalue weighted by Crippen LogP contribution is -2.43. The summed E-state index contributed by atoms with van der Waals surface area (Å²) < 4.78 is 9.82. The molecule has 0 aliphatic carbocycles. The summed E-state index contributed by atoms with van der Waals surface area (Å²) in [7, 11) is 1.42. The average molecular weight is 234 g/mol. The summed E-state index contributed by atoms with van der Waals surface area (Å²) in [5.74, 6) is -0.677. The van der Waals surface area contributed by atoms with Crippen molar-refractivity contribution < 1.29 is 18.4 Å². The van der Waals surface area contributed by atoms with Gasteiger partial charge < -0.3 is 8.83 Å². The summed E-state index contributed by atoms with van der Waals surface area (Å²) in [6, 6.07) is 6.19. The number of hydrogen-bond donors (Lipinski definition) is 1. The zero-order valence-electron chi connectivity index (χ0n) is 9.04. The molecule has 17 heavy (non-hydrogen) atoms. The fourth-order valence-corrected chi connectivity index (χ4v) is 1.23. The van der Waals surface area contributed by atoms with E-state index in [0.29, 0.717) is 0 Å². The zero-order chi connectivity index (χ0) is 12.3. The van der Waals surface area contributed by atoms with Gasteiger partial charge >= 0.3 is 11.8 Å². The van der Waals surface area contributed by atoms with Crippen molar-refractivity contribution in [2.75, 3.05) is 7.05 Å². The molecule has 6 nitrogen and oxygen atoms in total. The van der Waals surface area contributed by atoms with Gasteiger partial charge in [0.15, 0.2) is 11.5 Å². The summed E-state index contributed by atoms with van der Waals surface area (Å²) in [5, 5.41) is 1.03. The molecule has 0 saturated heterocycles. The Morgan fingerprint density at radius 1 is 1.12 bits per heavy atom. The molecular formula is C11H10N2O4. The van der Waals surface area contributed by atoms with Crippen LogP contribution in [0.4, 0.5) is 0 Å². The molecule has 0 atom stereocenters. The van der Waals surface area contributed by atoms with Crippen LogP contribution in [-0.2, 0) is 0 Å². The first-order valence-corrected chi connectivity index (χ1v) is 4.84. The quantitative estimate of drug-likeness (QED) is 0.794. The van der Waals surface area contributed by atoms with E-state index in [4.69, 9.17) is 8.83 Å². The molecule has 2 amide bonds.